The predicted molar refractivity (Wildman–Crippen MR) is 49.1 cm³/mol. The van der Waals surface area contributed by atoms with Gasteiger partial charge in [0.15, 0.2) is 0 Å². The second-order valence-electron chi connectivity index (χ2n) is 2.57. The van der Waals surface area contributed by atoms with Gasteiger partial charge in [0.25, 0.3) is 6.08 Å². The maximum absolute atomic E-state index is 11.5. The van der Waals surface area contributed by atoms with Gasteiger partial charge in [-0.15, -0.1) is 6.58 Å². The largest absolute Gasteiger partial charge is 0.454 e. The molecule has 0 aliphatic carbocycles. The molecule has 0 aromatic heterocycles. The van der Waals surface area contributed by atoms with Crippen LogP contribution in [0.3, 0.4) is 0 Å². The first-order valence-electron chi connectivity index (χ1n) is 4.03. The summed E-state index contributed by atoms with van der Waals surface area (Å²) in [6, 6.07) is 0. The standard InChI is InChI=1S/C9H11F2NO3/c1-3-5-12(2)8(13)9(14)15-6-4-7(10)11/h3-4H,1,5-6H2,2H3. The van der Waals surface area contributed by atoms with Crippen LogP contribution in [0.15, 0.2) is 24.8 Å². The molecule has 0 N–H and O–H groups in total. The van der Waals surface area contributed by atoms with Crippen LogP contribution in [0.2, 0.25) is 0 Å². The van der Waals surface area contributed by atoms with Crippen LogP contribution in [0.1, 0.15) is 0 Å². The Kier molecular flexibility index (Phi) is 5.92. The molecule has 0 rings (SSSR count). The molecule has 6 heteroatoms. The van der Waals surface area contributed by atoms with Gasteiger partial charge in [0.05, 0.1) is 0 Å². The highest BCUT2D eigenvalue weighted by atomic mass is 19.3. The van der Waals surface area contributed by atoms with Crippen molar-refractivity contribution in [2.75, 3.05) is 20.2 Å². The molecule has 0 saturated heterocycles. The highest BCUT2D eigenvalue weighted by Crippen LogP contribution is 1.96. The fourth-order valence-electron chi connectivity index (χ4n) is 0.674. The monoisotopic (exact) mass is 219 g/mol. The smallest absolute Gasteiger partial charge is 0.397 e. The predicted octanol–water partition coefficient (Wildman–Crippen LogP) is 0.954. The van der Waals surface area contributed by atoms with Gasteiger partial charge in [0.1, 0.15) is 6.61 Å². The number of hydrogen-bond donors (Lipinski definition) is 0. The van der Waals surface area contributed by atoms with Gasteiger partial charge < -0.3 is 9.64 Å². The van der Waals surface area contributed by atoms with Crippen molar-refractivity contribution >= 4 is 11.9 Å². The number of amides is 1. The molecule has 0 aliphatic rings. The van der Waals surface area contributed by atoms with E-state index in [0.717, 1.165) is 4.90 Å². The van der Waals surface area contributed by atoms with Crippen LogP contribution < -0.4 is 0 Å². The summed E-state index contributed by atoms with van der Waals surface area (Å²) >= 11 is 0. The average Bonchev–Trinajstić information content (AvgIpc) is 2.16. The van der Waals surface area contributed by atoms with E-state index in [9.17, 15) is 18.4 Å². The van der Waals surface area contributed by atoms with Gasteiger partial charge in [0, 0.05) is 19.7 Å². The molecule has 0 unspecified atom stereocenters. The molecule has 1 amide bonds. The topological polar surface area (TPSA) is 46.6 Å². The second kappa shape index (κ2) is 6.69. The summed E-state index contributed by atoms with van der Waals surface area (Å²) < 4.78 is 27.3. The van der Waals surface area contributed by atoms with E-state index in [1.165, 1.54) is 13.1 Å². The first-order chi connectivity index (χ1) is 6.99. The van der Waals surface area contributed by atoms with Crippen LogP contribution in [-0.2, 0) is 14.3 Å². The van der Waals surface area contributed by atoms with Crippen LogP contribution in [0.5, 0.6) is 0 Å². The summed E-state index contributed by atoms with van der Waals surface area (Å²) in [5, 5.41) is 0. The molecule has 4 nitrogen and oxygen atoms in total. The Morgan fingerprint density at radius 3 is 2.53 bits per heavy atom. The summed E-state index contributed by atoms with van der Waals surface area (Å²) in [6.45, 7) is 2.94. The van der Waals surface area contributed by atoms with E-state index in [0.29, 0.717) is 6.08 Å². The highest BCUT2D eigenvalue weighted by Gasteiger charge is 2.18. The van der Waals surface area contributed by atoms with Gasteiger partial charge in [-0.2, -0.15) is 8.78 Å². The molecular formula is C9H11F2NO3. The number of ether oxygens (including phenoxy) is 1. The van der Waals surface area contributed by atoms with E-state index in [4.69, 9.17) is 0 Å². The Hall–Kier alpha value is -1.72. The Morgan fingerprint density at radius 1 is 1.47 bits per heavy atom. The number of hydrogen-bond acceptors (Lipinski definition) is 3. The lowest BCUT2D eigenvalue weighted by Gasteiger charge is -2.12. The van der Waals surface area contributed by atoms with E-state index in [1.54, 1.807) is 0 Å². The summed E-state index contributed by atoms with van der Waals surface area (Å²) in [7, 11) is 1.37. The van der Waals surface area contributed by atoms with Crippen molar-refractivity contribution in [1.29, 1.82) is 0 Å². The van der Waals surface area contributed by atoms with Gasteiger partial charge in [-0.25, -0.2) is 4.79 Å². The molecule has 0 aliphatic heterocycles. The molecule has 0 atom stereocenters. The quantitative estimate of drug-likeness (QED) is 0.402. The Balaban J connectivity index is 4.05. The molecule has 84 valence electrons. The first-order valence-corrected chi connectivity index (χ1v) is 4.03. The van der Waals surface area contributed by atoms with Crippen molar-refractivity contribution < 1.29 is 23.1 Å². The molecule has 0 aromatic carbocycles. The molecule has 0 saturated carbocycles. The zero-order chi connectivity index (χ0) is 11.8. The minimum atomic E-state index is -1.96. The van der Waals surface area contributed by atoms with Crippen molar-refractivity contribution in [3.05, 3.63) is 24.8 Å². The maximum atomic E-state index is 11.5. The highest BCUT2D eigenvalue weighted by molar-refractivity contribution is 6.32. The minimum Gasteiger partial charge on any atom is -0.454 e. The van der Waals surface area contributed by atoms with Crippen molar-refractivity contribution in [1.82, 2.24) is 4.90 Å². The zero-order valence-electron chi connectivity index (χ0n) is 8.20. The number of carbonyl (C=O) groups is 2. The Bertz CT molecular complexity index is 285. The maximum Gasteiger partial charge on any atom is 0.397 e. The third-order valence-electron chi connectivity index (χ3n) is 1.38. The van der Waals surface area contributed by atoms with Crippen molar-refractivity contribution in [2.24, 2.45) is 0 Å². The Morgan fingerprint density at radius 2 is 2.07 bits per heavy atom. The lowest BCUT2D eigenvalue weighted by Crippen LogP contribution is -2.34. The second-order valence-corrected chi connectivity index (χ2v) is 2.57. The molecule has 0 fully saturated rings. The molecule has 0 radical (unpaired) electrons. The average molecular weight is 219 g/mol. The summed E-state index contributed by atoms with van der Waals surface area (Å²) in [5.41, 5.74) is 0. The zero-order valence-corrected chi connectivity index (χ0v) is 8.20. The van der Waals surface area contributed by atoms with E-state index >= 15 is 0 Å². The van der Waals surface area contributed by atoms with E-state index in [1.807, 2.05) is 0 Å². The molecule has 0 aromatic rings. The molecule has 0 heterocycles. The van der Waals surface area contributed by atoms with Crippen molar-refractivity contribution in [2.45, 2.75) is 0 Å². The number of likely N-dealkylation sites (N-methyl/N-ethyl adjacent to an activating group) is 1. The molecular weight excluding hydrogens is 208 g/mol. The van der Waals surface area contributed by atoms with E-state index in [-0.39, 0.29) is 6.54 Å². The summed E-state index contributed by atoms with van der Waals surface area (Å²) in [6.07, 6.45) is -0.139. The molecule has 0 bridgehead atoms. The van der Waals surface area contributed by atoms with Crippen LogP contribution >= 0.6 is 0 Å². The van der Waals surface area contributed by atoms with E-state index in [2.05, 4.69) is 11.3 Å². The van der Waals surface area contributed by atoms with Crippen LogP contribution in [-0.4, -0.2) is 37.0 Å². The number of halogens is 2. The van der Waals surface area contributed by atoms with Crippen LogP contribution in [0.25, 0.3) is 0 Å². The number of carbonyl (C=O) groups excluding carboxylic acids is 2. The third-order valence-corrected chi connectivity index (χ3v) is 1.38. The van der Waals surface area contributed by atoms with Crippen molar-refractivity contribution in [3.63, 3.8) is 0 Å². The lowest BCUT2D eigenvalue weighted by molar-refractivity contribution is -0.158. The lowest BCUT2D eigenvalue weighted by atomic mass is 10.5. The Labute approximate surface area is 85.8 Å². The SMILES string of the molecule is C=CCN(C)C(=O)C(=O)OCC=C(F)F. The molecule has 0 spiro atoms. The fraction of sp³-hybridized carbons (Fsp3) is 0.333. The van der Waals surface area contributed by atoms with Gasteiger partial charge in [-0.3, -0.25) is 4.79 Å². The minimum absolute atomic E-state index is 0.182. The van der Waals surface area contributed by atoms with Gasteiger partial charge >= 0.3 is 11.9 Å². The van der Waals surface area contributed by atoms with Crippen LogP contribution in [0.4, 0.5) is 8.78 Å². The number of esters is 1. The third kappa shape index (κ3) is 5.56. The molecule has 15 heavy (non-hydrogen) atoms. The summed E-state index contributed by atoms with van der Waals surface area (Å²) in [4.78, 5) is 23.1. The summed E-state index contributed by atoms with van der Waals surface area (Å²) in [5.74, 6) is -2.07. The fourth-order valence-corrected chi connectivity index (χ4v) is 0.674. The van der Waals surface area contributed by atoms with E-state index < -0.39 is 24.6 Å². The normalized spacial score (nSPS) is 9.00. The van der Waals surface area contributed by atoms with Gasteiger partial charge in [-0.05, 0) is 0 Å². The van der Waals surface area contributed by atoms with Crippen LogP contribution in [0, 0.1) is 0 Å². The van der Waals surface area contributed by atoms with Crippen molar-refractivity contribution in [3.8, 4) is 0 Å². The first kappa shape index (κ1) is 13.3. The van der Waals surface area contributed by atoms with Gasteiger partial charge in [0.2, 0.25) is 0 Å². The number of rotatable bonds is 4. The number of nitrogens with zero attached hydrogens (tertiary/aromatic N) is 1. The van der Waals surface area contributed by atoms with Gasteiger partial charge in [-0.1, -0.05) is 6.08 Å².